The Morgan fingerprint density at radius 3 is 2.15 bits per heavy atom. The van der Waals surface area contributed by atoms with Crippen molar-refractivity contribution in [3.05, 3.63) is 34.4 Å². The van der Waals surface area contributed by atoms with Gasteiger partial charge in [0.1, 0.15) is 6.04 Å². The Balaban J connectivity index is 3.02. The van der Waals surface area contributed by atoms with Crippen LogP contribution in [0.1, 0.15) is 48.6 Å². The average molecular weight is 279 g/mol. The molecule has 0 saturated carbocycles. The Kier molecular flexibility index (Phi) is 5.72. The summed E-state index contributed by atoms with van der Waals surface area (Å²) in [6.07, 6.45) is -0.0478. The molecule has 0 amide bonds. The van der Waals surface area contributed by atoms with E-state index in [1.54, 1.807) is 6.92 Å². The molecule has 112 valence electrons. The number of aliphatic hydroxyl groups is 1. The zero-order valence-electron chi connectivity index (χ0n) is 12.9. The van der Waals surface area contributed by atoms with Gasteiger partial charge < -0.3 is 10.2 Å². The normalized spacial score (nSPS) is 15.7. The number of aryl methyl sites for hydroxylation is 3. The minimum absolute atomic E-state index is 0.277. The highest BCUT2D eigenvalue weighted by molar-refractivity contribution is 5.72. The van der Waals surface area contributed by atoms with Crippen molar-refractivity contribution in [2.75, 3.05) is 0 Å². The van der Waals surface area contributed by atoms with Gasteiger partial charge in [0.05, 0.1) is 6.10 Å². The third-order valence-electron chi connectivity index (χ3n) is 3.69. The van der Waals surface area contributed by atoms with E-state index in [2.05, 4.69) is 5.32 Å². The van der Waals surface area contributed by atoms with Gasteiger partial charge in [-0.25, -0.2) is 0 Å². The Morgan fingerprint density at radius 1 is 1.25 bits per heavy atom. The van der Waals surface area contributed by atoms with Gasteiger partial charge in [0, 0.05) is 6.04 Å². The van der Waals surface area contributed by atoms with E-state index < -0.39 is 18.1 Å². The van der Waals surface area contributed by atoms with Gasteiger partial charge in [-0.1, -0.05) is 24.6 Å². The van der Waals surface area contributed by atoms with Gasteiger partial charge in [-0.3, -0.25) is 10.1 Å². The molecule has 3 N–H and O–H groups in total. The number of benzene rings is 1. The van der Waals surface area contributed by atoms with Gasteiger partial charge in [-0.05, 0) is 50.8 Å². The molecule has 0 saturated heterocycles. The predicted molar refractivity (Wildman–Crippen MR) is 79.9 cm³/mol. The maximum atomic E-state index is 10.9. The van der Waals surface area contributed by atoms with Gasteiger partial charge >= 0.3 is 5.97 Å². The summed E-state index contributed by atoms with van der Waals surface area (Å²) in [6, 6.07) is 3.12. The number of aliphatic hydroxyl groups excluding tert-OH is 1. The van der Waals surface area contributed by atoms with Gasteiger partial charge in [-0.15, -0.1) is 0 Å². The van der Waals surface area contributed by atoms with Gasteiger partial charge in [0.2, 0.25) is 0 Å². The van der Waals surface area contributed by atoms with Crippen LogP contribution in [-0.2, 0) is 4.79 Å². The lowest BCUT2D eigenvalue weighted by Gasteiger charge is -2.27. The summed E-state index contributed by atoms with van der Waals surface area (Å²) in [5, 5.41) is 22.6. The van der Waals surface area contributed by atoms with E-state index in [1.807, 2.05) is 39.8 Å². The lowest BCUT2D eigenvalue weighted by Crippen LogP contribution is -2.44. The van der Waals surface area contributed by atoms with Crippen LogP contribution in [0.15, 0.2) is 12.1 Å². The van der Waals surface area contributed by atoms with E-state index in [0.29, 0.717) is 6.42 Å². The van der Waals surface area contributed by atoms with Crippen LogP contribution in [0.5, 0.6) is 0 Å². The highest BCUT2D eigenvalue weighted by Gasteiger charge is 2.25. The fraction of sp³-hybridized carbons (Fsp3) is 0.562. The van der Waals surface area contributed by atoms with Crippen LogP contribution in [-0.4, -0.2) is 28.3 Å². The van der Waals surface area contributed by atoms with Crippen LogP contribution >= 0.6 is 0 Å². The summed E-state index contributed by atoms with van der Waals surface area (Å²) in [5.74, 6) is -0.909. The molecule has 1 aromatic carbocycles. The highest BCUT2D eigenvalue weighted by Crippen LogP contribution is 2.27. The van der Waals surface area contributed by atoms with Crippen molar-refractivity contribution >= 4 is 5.97 Å². The lowest BCUT2D eigenvalue weighted by atomic mass is 9.91. The number of rotatable bonds is 6. The van der Waals surface area contributed by atoms with Crippen LogP contribution in [0, 0.1) is 20.8 Å². The number of hydrogen-bond acceptors (Lipinski definition) is 3. The zero-order valence-corrected chi connectivity index (χ0v) is 12.9. The summed E-state index contributed by atoms with van der Waals surface area (Å²) < 4.78 is 0. The fourth-order valence-corrected chi connectivity index (χ4v) is 2.68. The van der Waals surface area contributed by atoms with E-state index >= 15 is 0 Å². The summed E-state index contributed by atoms with van der Waals surface area (Å²) in [7, 11) is 0. The molecule has 0 aromatic heterocycles. The van der Waals surface area contributed by atoms with E-state index in [4.69, 9.17) is 5.11 Å². The van der Waals surface area contributed by atoms with E-state index in [0.717, 1.165) is 22.3 Å². The molecule has 0 spiro atoms. The van der Waals surface area contributed by atoms with Crippen molar-refractivity contribution in [2.45, 2.75) is 59.2 Å². The smallest absolute Gasteiger partial charge is 0.320 e. The molecule has 4 heteroatoms. The molecule has 0 aliphatic heterocycles. The van der Waals surface area contributed by atoms with Gasteiger partial charge in [-0.2, -0.15) is 0 Å². The molecule has 0 aliphatic carbocycles. The molecule has 3 atom stereocenters. The van der Waals surface area contributed by atoms with E-state index in [1.165, 1.54) is 0 Å². The molecular weight excluding hydrogens is 254 g/mol. The monoisotopic (exact) mass is 279 g/mol. The van der Waals surface area contributed by atoms with Gasteiger partial charge in [0.25, 0.3) is 0 Å². The van der Waals surface area contributed by atoms with Crippen LogP contribution in [0.25, 0.3) is 0 Å². The zero-order chi connectivity index (χ0) is 15.4. The van der Waals surface area contributed by atoms with Crippen LogP contribution in [0.4, 0.5) is 0 Å². The first-order chi connectivity index (χ1) is 9.27. The van der Waals surface area contributed by atoms with Crippen molar-refractivity contribution in [3.8, 4) is 0 Å². The number of carbonyl (C=O) groups is 1. The molecule has 4 nitrogen and oxygen atoms in total. The number of carboxylic acids is 1. The molecule has 0 radical (unpaired) electrons. The lowest BCUT2D eigenvalue weighted by molar-refractivity contribution is -0.139. The fourth-order valence-electron chi connectivity index (χ4n) is 2.68. The second-order valence-electron chi connectivity index (χ2n) is 5.50. The summed E-state index contributed by atoms with van der Waals surface area (Å²) in [4.78, 5) is 10.9. The molecule has 1 rings (SSSR count). The molecule has 0 bridgehead atoms. The minimum atomic E-state index is -0.909. The van der Waals surface area contributed by atoms with Crippen LogP contribution in [0.2, 0.25) is 0 Å². The molecular formula is C16H25NO3. The average Bonchev–Trinajstić information content (AvgIpc) is 2.33. The predicted octanol–water partition coefficient (Wildman–Crippen LogP) is 2.49. The molecule has 3 unspecified atom stereocenters. The van der Waals surface area contributed by atoms with Crippen LogP contribution in [0.3, 0.4) is 0 Å². The Morgan fingerprint density at radius 2 is 1.75 bits per heavy atom. The maximum absolute atomic E-state index is 10.9. The second kappa shape index (κ2) is 6.86. The van der Waals surface area contributed by atoms with E-state index in [9.17, 15) is 9.90 Å². The van der Waals surface area contributed by atoms with Gasteiger partial charge in [0.15, 0.2) is 0 Å². The SMILES string of the molecule is CCC(NC(C)C(=O)O)C(O)c1c(C)cc(C)cc1C. The second-order valence-corrected chi connectivity index (χ2v) is 5.50. The first-order valence-electron chi connectivity index (χ1n) is 7.02. The molecule has 0 aliphatic rings. The summed E-state index contributed by atoms with van der Waals surface area (Å²) in [6.45, 7) is 9.51. The highest BCUT2D eigenvalue weighted by atomic mass is 16.4. The summed E-state index contributed by atoms with van der Waals surface area (Å²) in [5.41, 5.74) is 4.14. The quantitative estimate of drug-likeness (QED) is 0.748. The maximum Gasteiger partial charge on any atom is 0.320 e. The first kappa shape index (κ1) is 16.7. The number of carboxylic acid groups (broad SMARTS) is 1. The number of nitrogens with one attached hydrogen (secondary N) is 1. The Bertz CT molecular complexity index is 462. The standard InChI is InChI=1S/C16H25NO3/c1-6-13(17-12(5)16(19)20)15(18)14-10(3)7-9(2)8-11(14)4/h7-8,12-13,15,17-18H,6H2,1-5H3,(H,19,20). The number of aliphatic carboxylic acids is 1. The van der Waals surface area contributed by atoms with E-state index in [-0.39, 0.29) is 6.04 Å². The topological polar surface area (TPSA) is 69.6 Å². The largest absolute Gasteiger partial charge is 0.480 e. The van der Waals surface area contributed by atoms with Crippen molar-refractivity contribution in [1.29, 1.82) is 0 Å². The number of hydrogen-bond donors (Lipinski definition) is 3. The Hall–Kier alpha value is -1.39. The third kappa shape index (κ3) is 3.81. The van der Waals surface area contributed by atoms with Crippen molar-refractivity contribution in [3.63, 3.8) is 0 Å². The van der Waals surface area contributed by atoms with Crippen molar-refractivity contribution < 1.29 is 15.0 Å². The molecule has 20 heavy (non-hydrogen) atoms. The molecule has 0 heterocycles. The molecule has 0 fully saturated rings. The third-order valence-corrected chi connectivity index (χ3v) is 3.69. The minimum Gasteiger partial charge on any atom is -0.480 e. The van der Waals surface area contributed by atoms with Crippen LogP contribution < -0.4 is 5.32 Å². The van der Waals surface area contributed by atoms with Crippen molar-refractivity contribution in [2.24, 2.45) is 0 Å². The first-order valence-corrected chi connectivity index (χ1v) is 7.02. The molecule has 1 aromatic rings. The Labute approximate surface area is 120 Å². The summed E-state index contributed by atoms with van der Waals surface area (Å²) >= 11 is 0. The van der Waals surface area contributed by atoms with Crippen molar-refractivity contribution in [1.82, 2.24) is 5.32 Å².